The molecule has 1 aromatic carbocycles. The maximum absolute atomic E-state index is 13.0. The highest BCUT2D eigenvalue weighted by Gasteiger charge is 2.28. The molecule has 0 aliphatic carbocycles. The fraction of sp³-hybridized carbons (Fsp3) is 0.625. The van der Waals surface area contributed by atoms with Gasteiger partial charge in [0, 0.05) is 37.4 Å². The molecular formula is C16H25FN2. The van der Waals surface area contributed by atoms with E-state index in [1.807, 2.05) is 12.1 Å². The Hall–Kier alpha value is -1.09. The standard InChI is InChI=1S/C16H25FN2/c1-4-13(3)19-11-10-18(12-15(19)5-2)16-8-6-14(17)7-9-16/h6-9,13,15H,4-5,10-12H2,1-3H3. The van der Waals surface area contributed by atoms with Gasteiger partial charge in [0.15, 0.2) is 0 Å². The number of hydrogen-bond donors (Lipinski definition) is 0. The zero-order valence-electron chi connectivity index (χ0n) is 12.3. The van der Waals surface area contributed by atoms with E-state index in [1.54, 1.807) is 12.1 Å². The molecule has 0 aromatic heterocycles. The lowest BCUT2D eigenvalue weighted by molar-refractivity contribution is 0.121. The highest BCUT2D eigenvalue weighted by Crippen LogP contribution is 2.23. The van der Waals surface area contributed by atoms with Crippen LogP contribution in [-0.2, 0) is 0 Å². The number of hydrogen-bond acceptors (Lipinski definition) is 2. The lowest BCUT2D eigenvalue weighted by Gasteiger charge is -2.45. The lowest BCUT2D eigenvalue weighted by Crippen LogP contribution is -2.55. The summed E-state index contributed by atoms with van der Waals surface area (Å²) >= 11 is 0. The van der Waals surface area contributed by atoms with Crippen LogP contribution >= 0.6 is 0 Å². The predicted molar refractivity (Wildman–Crippen MR) is 79.2 cm³/mol. The topological polar surface area (TPSA) is 6.48 Å². The van der Waals surface area contributed by atoms with Crippen LogP contribution in [0.25, 0.3) is 0 Å². The van der Waals surface area contributed by atoms with E-state index in [4.69, 9.17) is 0 Å². The van der Waals surface area contributed by atoms with Gasteiger partial charge in [-0.3, -0.25) is 4.90 Å². The van der Waals surface area contributed by atoms with Crippen molar-refractivity contribution in [2.24, 2.45) is 0 Å². The minimum Gasteiger partial charge on any atom is -0.369 e. The summed E-state index contributed by atoms with van der Waals surface area (Å²) in [5.74, 6) is -0.158. The molecule has 19 heavy (non-hydrogen) atoms. The number of anilines is 1. The molecule has 3 heteroatoms. The maximum Gasteiger partial charge on any atom is 0.123 e. The molecule has 2 nitrogen and oxygen atoms in total. The maximum atomic E-state index is 13.0. The van der Waals surface area contributed by atoms with Crippen LogP contribution in [0, 0.1) is 5.82 Å². The summed E-state index contributed by atoms with van der Waals surface area (Å²) in [6.45, 7) is 10.0. The quantitative estimate of drug-likeness (QED) is 0.821. The molecule has 0 amide bonds. The third kappa shape index (κ3) is 3.27. The van der Waals surface area contributed by atoms with Crippen molar-refractivity contribution in [3.63, 3.8) is 0 Å². The van der Waals surface area contributed by atoms with E-state index in [9.17, 15) is 4.39 Å². The van der Waals surface area contributed by atoms with Crippen molar-refractivity contribution < 1.29 is 4.39 Å². The fourth-order valence-corrected chi connectivity index (χ4v) is 2.93. The third-order valence-electron chi connectivity index (χ3n) is 4.35. The molecule has 0 bridgehead atoms. The molecule has 2 atom stereocenters. The van der Waals surface area contributed by atoms with Gasteiger partial charge in [-0.25, -0.2) is 4.39 Å². The molecule has 1 aliphatic rings. The lowest BCUT2D eigenvalue weighted by atomic mass is 10.0. The second kappa shape index (κ2) is 6.38. The van der Waals surface area contributed by atoms with Gasteiger partial charge in [-0.2, -0.15) is 0 Å². The molecule has 1 heterocycles. The Bertz CT molecular complexity index is 390. The van der Waals surface area contributed by atoms with Crippen LogP contribution in [0.3, 0.4) is 0 Å². The van der Waals surface area contributed by atoms with Crippen molar-refractivity contribution in [3.05, 3.63) is 30.1 Å². The van der Waals surface area contributed by atoms with Gasteiger partial charge in [-0.15, -0.1) is 0 Å². The van der Waals surface area contributed by atoms with Crippen LogP contribution in [0.4, 0.5) is 10.1 Å². The van der Waals surface area contributed by atoms with Crippen molar-refractivity contribution in [2.45, 2.75) is 45.7 Å². The molecule has 1 aliphatic heterocycles. The first-order chi connectivity index (χ1) is 9.15. The van der Waals surface area contributed by atoms with Crippen molar-refractivity contribution in [1.29, 1.82) is 0 Å². The Morgan fingerprint density at radius 3 is 2.47 bits per heavy atom. The molecule has 0 N–H and O–H groups in total. The Kier molecular flexibility index (Phi) is 4.81. The summed E-state index contributed by atoms with van der Waals surface area (Å²) in [4.78, 5) is 5.01. The van der Waals surface area contributed by atoms with Crippen molar-refractivity contribution in [2.75, 3.05) is 24.5 Å². The normalized spacial score (nSPS) is 22.5. The molecule has 1 saturated heterocycles. The van der Waals surface area contributed by atoms with Crippen LogP contribution in [0.15, 0.2) is 24.3 Å². The summed E-state index contributed by atoms with van der Waals surface area (Å²) in [6.07, 6.45) is 2.37. The number of halogens is 1. The summed E-state index contributed by atoms with van der Waals surface area (Å²) in [6, 6.07) is 8.14. The van der Waals surface area contributed by atoms with Gasteiger partial charge in [0.2, 0.25) is 0 Å². The minimum atomic E-state index is -0.158. The number of rotatable bonds is 4. The van der Waals surface area contributed by atoms with Crippen LogP contribution in [0.5, 0.6) is 0 Å². The van der Waals surface area contributed by atoms with E-state index in [0.717, 1.165) is 25.3 Å². The number of piperazine rings is 1. The van der Waals surface area contributed by atoms with E-state index in [1.165, 1.54) is 12.8 Å². The Balaban J connectivity index is 2.06. The Morgan fingerprint density at radius 2 is 1.89 bits per heavy atom. The van der Waals surface area contributed by atoms with Gasteiger partial charge in [0.25, 0.3) is 0 Å². The van der Waals surface area contributed by atoms with E-state index < -0.39 is 0 Å². The van der Waals surface area contributed by atoms with Gasteiger partial charge < -0.3 is 4.90 Å². The monoisotopic (exact) mass is 264 g/mol. The fourth-order valence-electron chi connectivity index (χ4n) is 2.93. The van der Waals surface area contributed by atoms with Crippen LogP contribution in [-0.4, -0.2) is 36.6 Å². The molecular weight excluding hydrogens is 239 g/mol. The summed E-state index contributed by atoms with van der Waals surface area (Å²) in [5.41, 5.74) is 1.14. The van der Waals surface area contributed by atoms with Crippen molar-refractivity contribution >= 4 is 5.69 Å². The number of nitrogens with zero attached hydrogens (tertiary/aromatic N) is 2. The molecule has 1 aromatic rings. The molecule has 1 fully saturated rings. The second-order valence-corrected chi connectivity index (χ2v) is 5.48. The summed E-state index contributed by atoms with van der Waals surface area (Å²) in [5, 5.41) is 0. The van der Waals surface area contributed by atoms with E-state index >= 15 is 0 Å². The minimum absolute atomic E-state index is 0.158. The second-order valence-electron chi connectivity index (χ2n) is 5.48. The Morgan fingerprint density at radius 1 is 1.21 bits per heavy atom. The highest BCUT2D eigenvalue weighted by molar-refractivity contribution is 5.47. The van der Waals surface area contributed by atoms with E-state index in [2.05, 4.69) is 30.6 Å². The first-order valence-corrected chi connectivity index (χ1v) is 7.42. The molecule has 0 saturated carbocycles. The molecule has 0 spiro atoms. The molecule has 106 valence electrons. The zero-order valence-corrected chi connectivity index (χ0v) is 12.3. The van der Waals surface area contributed by atoms with Gasteiger partial charge in [-0.1, -0.05) is 13.8 Å². The van der Waals surface area contributed by atoms with Gasteiger partial charge >= 0.3 is 0 Å². The summed E-state index contributed by atoms with van der Waals surface area (Å²) < 4.78 is 13.0. The highest BCUT2D eigenvalue weighted by atomic mass is 19.1. The zero-order chi connectivity index (χ0) is 13.8. The average Bonchev–Trinajstić information content (AvgIpc) is 2.46. The van der Waals surface area contributed by atoms with E-state index in [0.29, 0.717) is 12.1 Å². The Labute approximate surface area is 116 Å². The largest absolute Gasteiger partial charge is 0.369 e. The first kappa shape index (κ1) is 14.3. The average molecular weight is 264 g/mol. The van der Waals surface area contributed by atoms with E-state index in [-0.39, 0.29) is 5.82 Å². The van der Waals surface area contributed by atoms with Gasteiger partial charge in [0.1, 0.15) is 5.82 Å². The molecule has 2 rings (SSSR count). The first-order valence-electron chi connectivity index (χ1n) is 7.42. The SMILES string of the molecule is CCC(C)N1CCN(c2ccc(F)cc2)CC1CC. The molecule has 2 unspecified atom stereocenters. The van der Waals surface area contributed by atoms with Gasteiger partial charge in [0.05, 0.1) is 0 Å². The van der Waals surface area contributed by atoms with Crippen molar-refractivity contribution in [1.82, 2.24) is 4.90 Å². The molecule has 0 radical (unpaired) electrons. The number of benzene rings is 1. The van der Waals surface area contributed by atoms with Crippen LogP contribution in [0.2, 0.25) is 0 Å². The van der Waals surface area contributed by atoms with Crippen molar-refractivity contribution in [3.8, 4) is 0 Å². The van der Waals surface area contributed by atoms with Crippen LogP contribution in [0.1, 0.15) is 33.6 Å². The smallest absolute Gasteiger partial charge is 0.123 e. The summed E-state index contributed by atoms with van der Waals surface area (Å²) in [7, 11) is 0. The van der Waals surface area contributed by atoms with Crippen LogP contribution < -0.4 is 4.90 Å². The third-order valence-corrected chi connectivity index (χ3v) is 4.35. The van der Waals surface area contributed by atoms with Gasteiger partial charge in [-0.05, 0) is 44.0 Å². The predicted octanol–water partition coefficient (Wildman–Crippen LogP) is 3.52.